The van der Waals surface area contributed by atoms with Crippen LogP contribution in [-0.4, -0.2) is 42.6 Å². The van der Waals surface area contributed by atoms with Crippen LogP contribution >= 0.6 is 0 Å². The first-order chi connectivity index (χ1) is 18.0. The molecule has 3 rings (SSSR count). The van der Waals surface area contributed by atoms with Gasteiger partial charge in [-0.3, -0.25) is 19.3 Å². The van der Waals surface area contributed by atoms with Crippen molar-refractivity contribution in [3.05, 3.63) is 65.9 Å². The molecule has 0 aliphatic rings. The summed E-state index contributed by atoms with van der Waals surface area (Å²) >= 11 is 0. The Morgan fingerprint density at radius 1 is 0.974 bits per heavy atom. The second-order valence-electron chi connectivity index (χ2n) is 9.75. The van der Waals surface area contributed by atoms with Crippen LogP contribution in [0.3, 0.4) is 0 Å². The molecule has 0 spiro atoms. The number of aromatic nitrogens is 1. The summed E-state index contributed by atoms with van der Waals surface area (Å²) in [6.45, 7) is 7.30. The maximum atomic E-state index is 13.8. The Balaban J connectivity index is 1.98. The summed E-state index contributed by atoms with van der Waals surface area (Å²) in [5.41, 5.74) is 0.471. The lowest BCUT2D eigenvalue weighted by molar-refractivity contribution is -0.128. The molecule has 0 aliphatic heterocycles. The van der Waals surface area contributed by atoms with Crippen LogP contribution in [0, 0.1) is 6.92 Å². The Morgan fingerprint density at radius 3 is 2.24 bits per heavy atom. The molecular weight excluding hydrogens is 488 g/mol. The van der Waals surface area contributed by atoms with Gasteiger partial charge in [-0.25, -0.2) is 0 Å². The normalized spacial score (nSPS) is 11.8. The van der Waals surface area contributed by atoms with Gasteiger partial charge in [0.25, 0.3) is 0 Å². The molecule has 0 aliphatic carbocycles. The van der Waals surface area contributed by atoms with Crippen LogP contribution in [0.5, 0.6) is 11.5 Å². The van der Waals surface area contributed by atoms with Crippen molar-refractivity contribution in [1.82, 2.24) is 10.5 Å². The average Bonchev–Trinajstić information content (AvgIpc) is 3.28. The van der Waals surface area contributed by atoms with Crippen molar-refractivity contribution in [2.75, 3.05) is 24.4 Å². The molecule has 2 N–H and O–H groups in total. The minimum absolute atomic E-state index is 0.124. The molecule has 0 bridgehead atoms. The maximum Gasteiger partial charge on any atom is 0.248 e. The number of anilines is 2. The lowest BCUT2D eigenvalue weighted by Gasteiger charge is -2.34. The summed E-state index contributed by atoms with van der Waals surface area (Å²) in [6, 6.07) is 14.4. The van der Waals surface area contributed by atoms with Crippen molar-refractivity contribution in [3.63, 3.8) is 0 Å². The standard InChI is InChI=1S/C28H34N4O6/c1-18-16-23(31-38-18)29-24(33)14-15-25(34)32(20-8-7-9-22(17-20)37-6)26(27(35)30-28(2,3)4)19-10-12-21(36-5)13-11-19/h7-13,16-17,26H,14-15H2,1-6H3,(H,30,35)(H,29,31,33)/t26-/m0/s1. The first-order valence-corrected chi connectivity index (χ1v) is 12.2. The van der Waals surface area contributed by atoms with Crippen LogP contribution in [-0.2, 0) is 14.4 Å². The molecule has 10 nitrogen and oxygen atoms in total. The molecule has 2 aromatic carbocycles. The third-order valence-corrected chi connectivity index (χ3v) is 5.50. The van der Waals surface area contributed by atoms with Gasteiger partial charge in [-0.15, -0.1) is 0 Å². The van der Waals surface area contributed by atoms with Crippen molar-refractivity contribution >= 4 is 29.2 Å². The number of rotatable bonds is 10. The Bertz CT molecular complexity index is 1260. The fraction of sp³-hybridized carbons (Fsp3) is 0.357. The number of hydrogen-bond donors (Lipinski definition) is 2. The predicted molar refractivity (Wildman–Crippen MR) is 143 cm³/mol. The number of hydrogen-bond acceptors (Lipinski definition) is 7. The second kappa shape index (κ2) is 12.3. The van der Waals surface area contributed by atoms with E-state index in [0.29, 0.717) is 28.5 Å². The van der Waals surface area contributed by atoms with E-state index in [0.717, 1.165) is 0 Å². The lowest BCUT2D eigenvalue weighted by Crippen LogP contribution is -2.49. The van der Waals surface area contributed by atoms with Crippen LogP contribution in [0.1, 0.15) is 51.0 Å². The quantitative estimate of drug-likeness (QED) is 0.404. The molecule has 3 aromatic rings. The van der Waals surface area contributed by atoms with E-state index in [2.05, 4.69) is 15.8 Å². The van der Waals surface area contributed by atoms with Gasteiger partial charge in [0, 0.05) is 36.2 Å². The second-order valence-corrected chi connectivity index (χ2v) is 9.75. The van der Waals surface area contributed by atoms with Crippen molar-refractivity contribution in [1.29, 1.82) is 0 Å². The zero-order valence-electron chi connectivity index (χ0n) is 22.5. The zero-order valence-corrected chi connectivity index (χ0v) is 22.5. The Hall–Kier alpha value is -4.34. The summed E-state index contributed by atoms with van der Waals surface area (Å²) in [4.78, 5) is 41.4. The van der Waals surface area contributed by atoms with Crippen LogP contribution < -0.4 is 25.0 Å². The Labute approximate surface area is 222 Å². The third-order valence-electron chi connectivity index (χ3n) is 5.50. The number of carbonyl (C=O) groups is 3. The monoisotopic (exact) mass is 522 g/mol. The van der Waals surface area contributed by atoms with E-state index in [1.165, 1.54) is 12.0 Å². The van der Waals surface area contributed by atoms with Gasteiger partial charge in [-0.1, -0.05) is 23.4 Å². The summed E-state index contributed by atoms with van der Waals surface area (Å²) in [6.07, 6.45) is -0.281. The Kier molecular flexibility index (Phi) is 9.11. The maximum absolute atomic E-state index is 13.8. The highest BCUT2D eigenvalue weighted by atomic mass is 16.5. The molecule has 0 saturated heterocycles. The molecule has 10 heteroatoms. The van der Waals surface area contributed by atoms with E-state index in [1.807, 2.05) is 20.8 Å². The highest BCUT2D eigenvalue weighted by molar-refractivity contribution is 6.03. The van der Waals surface area contributed by atoms with Crippen molar-refractivity contribution < 1.29 is 28.4 Å². The molecule has 0 unspecified atom stereocenters. The Morgan fingerprint density at radius 2 is 1.66 bits per heavy atom. The number of ether oxygens (including phenoxy) is 2. The minimum atomic E-state index is -1.03. The molecule has 0 radical (unpaired) electrons. The largest absolute Gasteiger partial charge is 0.497 e. The van der Waals surface area contributed by atoms with Gasteiger partial charge >= 0.3 is 0 Å². The van der Waals surface area contributed by atoms with Gasteiger partial charge < -0.3 is 24.6 Å². The predicted octanol–water partition coefficient (Wildman–Crippen LogP) is 4.41. The van der Waals surface area contributed by atoms with Crippen molar-refractivity contribution in [2.24, 2.45) is 0 Å². The number of benzene rings is 2. The number of carbonyl (C=O) groups excluding carboxylic acids is 3. The molecule has 0 fully saturated rings. The fourth-order valence-corrected chi connectivity index (χ4v) is 3.81. The number of aryl methyl sites for hydroxylation is 1. The first kappa shape index (κ1) is 28.2. The molecule has 1 aromatic heterocycles. The van der Waals surface area contributed by atoms with Crippen molar-refractivity contribution in [3.8, 4) is 11.5 Å². The summed E-state index contributed by atoms with van der Waals surface area (Å²) < 4.78 is 15.6. The molecule has 202 valence electrons. The molecule has 3 amide bonds. The summed E-state index contributed by atoms with van der Waals surface area (Å²) in [5.74, 6) is 0.748. The average molecular weight is 523 g/mol. The number of nitrogens with one attached hydrogen (secondary N) is 2. The highest BCUT2D eigenvalue weighted by Crippen LogP contribution is 2.32. The lowest BCUT2D eigenvalue weighted by atomic mass is 10.00. The van der Waals surface area contributed by atoms with E-state index >= 15 is 0 Å². The number of amides is 3. The van der Waals surface area contributed by atoms with Gasteiger partial charge in [0.2, 0.25) is 17.7 Å². The van der Waals surface area contributed by atoms with E-state index in [4.69, 9.17) is 14.0 Å². The molecule has 38 heavy (non-hydrogen) atoms. The van der Waals surface area contributed by atoms with E-state index in [1.54, 1.807) is 68.6 Å². The topological polar surface area (TPSA) is 123 Å². The van der Waals surface area contributed by atoms with Gasteiger partial charge in [-0.2, -0.15) is 0 Å². The van der Waals surface area contributed by atoms with Crippen LogP contribution in [0.4, 0.5) is 11.5 Å². The van der Waals surface area contributed by atoms with Gasteiger partial charge in [0.05, 0.1) is 14.2 Å². The SMILES string of the molecule is COc1ccc([C@@H](C(=O)NC(C)(C)C)N(C(=O)CCC(=O)Nc2cc(C)on2)c2cccc(OC)c2)cc1. The zero-order chi connectivity index (χ0) is 27.9. The highest BCUT2D eigenvalue weighted by Gasteiger charge is 2.34. The van der Waals surface area contributed by atoms with Crippen LogP contribution in [0.25, 0.3) is 0 Å². The molecule has 0 saturated carbocycles. The summed E-state index contributed by atoms with van der Waals surface area (Å²) in [5, 5.41) is 9.35. The van der Waals surface area contributed by atoms with E-state index < -0.39 is 23.4 Å². The van der Waals surface area contributed by atoms with E-state index in [9.17, 15) is 14.4 Å². The van der Waals surface area contributed by atoms with Gasteiger partial charge in [0.15, 0.2) is 5.82 Å². The summed E-state index contributed by atoms with van der Waals surface area (Å²) in [7, 11) is 3.07. The molecule has 1 atom stereocenters. The smallest absolute Gasteiger partial charge is 0.248 e. The van der Waals surface area contributed by atoms with E-state index in [-0.39, 0.29) is 24.6 Å². The molecule has 1 heterocycles. The van der Waals surface area contributed by atoms with Gasteiger partial charge in [-0.05, 0) is 57.5 Å². The number of nitrogens with zero attached hydrogens (tertiary/aromatic N) is 2. The minimum Gasteiger partial charge on any atom is -0.497 e. The van der Waals surface area contributed by atoms with Crippen molar-refractivity contribution in [2.45, 2.75) is 52.1 Å². The first-order valence-electron chi connectivity index (χ1n) is 12.2. The third kappa shape index (κ3) is 7.58. The number of methoxy groups -OCH3 is 2. The fourth-order valence-electron chi connectivity index (χ4n) is 3.81. The van der Waals surface area contributed by atoms with Crippen LogP contribution in [0.2, 0.25) is 0 Å². The van der Waals surface area contributed by atoms with Crippen LogP contribution in [0.15, 0.2) is 59.1 Å². The molecular formula is C28H34N4O6. The van der Waals surface area contributed by atoms with Gasteiger partial charge in [0.1, 0.15) is 23.3 Å².